The van der Waals surface area contributed by atoms with Crippen molar-refractivity contribution in [2.45, 2.75) is 0 Å². The maximum Gasteiger partial charge on any atom is 0.195 e. The van der Waals surface area contributed by atoms with E-state index in [2.05, 4.69) is 67.8 Å². The summed E-state index contributed by atoms with van der Waals surface area (Å²) in [6.07, 6.45) is 0. The van der Waals surface area contributed by atoms with Gasteiger partial charge in [0.1, 0.15) is 0 Å². The van der Waals surface area contributed by atoms with E-state index in [1.807, 2.05) is 0 Å². The summed E-state index contributed by atoms with van der Waals surface area (Å²) in [6, 6.07) is 14.6. The van der Waals surface area contributed by atoms with Crippen molar-refractivity contribution in [2.24, 2.45) is 0 Å². The van der Waals surface area contributed by atoms with Gasteiger partial charge in [0.25, 0.3) is 0 Å². The van der Waals surface area contributed by atoms with Gasteiger partial charge in [-0.05, 0) is 30.3 Å². The van der Waals surface area contributed by atoms with E-state index in [0.717, 1.165) is 15.0 Å². The van der Waals surface area contributed by atoms with E-state index >= 15 is 0 Å². The van der Waals surface area contributed by atoms with Gasteiger partial charge >= 0.3 is 0 Å². The van der Waals surface area contributed by atoms with Crippen LogP contribution in [0.1, 0.15) is 0 Å². The molecule has 0 aliphatic rings. The van der Waals surface area contributed by atoms with E-state index in [1.165, 1.54) is 15.7 Å². The van der Waals surface area contributed by atoms with E-state index in [-0.39, 0.29) is 0 Å². The smallest absolute Gasteiger partial charge is 0.195 e. The average molecular weight is 303 g/mol. The van der Waals surface area contributed by atoms with Crippen LogP contribution >= 0.6 is 27.3 Å². The van der Waals surface area contributed by atoms with Crippen LogP contribution in [-0.4, -0.2) is 9.38 Å². The molecule has 0 fully saturated rings. The highest BCUT2D eigenvalue weighted by molar-refractivity contribution is 9.10. The van der Waals surface area contributed by atoms with Gasteiger partial charge in [-0.2, -0.15) is 0 Å². The molecule has 0 atom stereocenters. The lowest BCUT2D eigenvalue weighted by Gasteiger charge is -1.94. The summed E-state index contributed by atoms with van der Waals surface area (Å²) in [5, 5.41) is 0. The van der Waals surface area contributed by atoms with E-state index in [4.69, 9.17) is 0 Å². The Balaban J connectivity index is 2.31. The monoisotopic (exact) mass is 302 g/mol. The topological polar surface area (TPSA) is 17.3 Å². The predicted octanol–water partition coefficient (Wildman–Crippen LogP) is 4.46. The van der Waals surface area contributed by atoms with Gasteiger partial charge < -0.3 is 0 Å². The molecule has 0 spiro atoms. The Morgan fingerprint density at radius 3 is 2.88 bits per heavy atom. The van der Waals surface area contributed by atoms with Gasteiger partial charge in [-0.15, -0.1) is 0 Å². The number of nitrogens with zero attached hydrogens (tertiary/aromatic N) is 2. The van der Waals surface area contributed by atoms with E-state index in [1.54, 1.807) is 11.3 Å². The fourth-order valence-corrected chi connectivity index (χ4v) is 3.55. The largest absolute Gasteiger partial charge is 0.283 e. The van der Waals surface area contributed by atoms with Crippen LogP contribution in [0.25, 0.3) is 26.2 Å². The first-order valence-electron chi connectivity index (χ1n) is 5.28. The van der Waals surface area contributed by atoms with Crippen LogP contribution in [0, 0.1) is 0 Å². The third kappa shape index (κ3) is 1.28. The second-order valence-electron chi connectivity index (χ2n) is 3.93. The molecule has 4 rings (SSSR count). The highest BCUT2D eigenvalue weighted by atomic mass is 79.9. The third-order valence-electron chi connectivity index (χ3n) is 2.89. The average Bonchev–Trinajstić information content (AvgIpc) is 2.83. The minimum atomic E-state index is 1.04. The number of imidazole rings is 1. The second-order valence-corrected chi connectivity index (χ2v) is 5.86. The van der Waals surface area contributed by atoms with Crippen molar-refractivity contribution < 1.29 is 0 Å². The molecule has 17 heavy (non-hydrogen) atoms. The zero-order valence-electron chi connectivity index (χ0n) is 8.72. The number of benzene rings is 2. The first-order valence-corrected chi connectivity index (χ1v) is 6.89. The standard InChI is InChI=1S/C13H7BrN2S/c14-8-5-6-10-9(7-8)15-13-16(10)11-3-1-2-4-12(11)17-13/h1-7H. The Bertz CT molecular complexity index is 860. The summed E-state index contributed by atoms with van der Waals surface area (Å²) >= 11 is 5.21. The number of thiazole rings is 1. The van der Waals surface area contributed by atoms with Crippen molar-refractivity contribution in [1.82, 2.24) is 9.38 Å². The summed E-state index contributed by atoms with van der Waals surface area (Å²) in [4.78, 5) is 5.72. The molecule has 0 aliphatic carbocycles. The van der Waals surface area contributed by atoms with Gasteiger partial charge in [0.15, 0.2) is 4.96 Å². The van der Waals surface area contributed by atoms with Crippen LogP contribution < -0.4 is 0 Å². The van der Waals surface area contributed by atoms with E-state index in [0.29, 0.717) is 0 Å². The quantitative estimate of drug-likeness (QED) is 0.468. The Hall–Kier alpha value is -1.39. The van der Waals surface area contributed by atoms with Crippen molar-refractivity contribution in [2.75, 3.05) is 0 Å². The molecule has 4 heteroatoms. The van der Waals surface area contributed by atoms with Gasteiger partial charge in [0, 0.05) is 4.47 Å². The van der Waals surface area contributed by atoms with Gasteiger partial charge in [-0.1, -0.05) is 39.4 Å². The normalized spacial score (nSPS) is 11.8. The first-order chi connectivity index (χ1) is 8.33. The van der Waals surface area contributed by atoms with Gasteiger partial charge in [-0.25, -0.2) is 4.98 Å². The van der Waals surface area contributed by atoms with Crippen LogP contribution in [0.2, 0.25) is 0 Å². The number of aromatic nitrogens is 2. The molecule has 2 aromatic carbocycles. The molecule has 2 nitrogen and oxygen atoms in total. The summed E-state index contributed by atoms with van der Waals surface area (Å²) in [5.74, 6) is 0. The third-order valence-corrected chi connectivity index (χ3v) is 4.41. The summed E-state index contributed by atoms with van der Waals surface area (Å²) < 4.78 is 4.57. The minimum absolute atomic E-state index is 1.04. The summed E-state index contributed by atoms with van der Waals surface area (Å²) in [5.41, 5.74) is 3.44. The number of para-hydroxylation sites is 1. The SMILES string of the molecule is Brc1ccc2c(c1)nc1sc3ccccc3n12. The number of halogens is 1. The molecule has 4 aromatic rings. The molecule has 0 aliphatic heterocycles. The molecule has 0 unspecified atom stereocenters. The lowest BCUT2D eigenvalue weighted by molar-refractivity contribution is 1.35. The molecule has 0 bridgehead atoms. The van der Waals surface area contributed by atoms with Crippen LogP contribution in [0.5, 0.6) is 0 Å². The molecule has 0 radical (unpaired) electrons. The molecule has 0 N–H and O–H groups in total. The molecular formula is C13H7BrN2S. The van der Waals surface area contributed by atoms with Crippen molar-refractivity contribution in [3.63, 3.8) is 0 Å². The fraction of sp³-hybridized carbons (Fsp3) is 0. The maximum atomic E-state index is 4.66. The molecule has 0 amide bonds. The second kappa shape index (κ2) is 3.31. The van der Waals surface area contributed by atoms with Gasteiger partial charge in [0.05, 0.1) is 21.3 Å². The molecule has 2 heterocycles. The van der Waals surface area contributed by atoms with E-state index < -0.39 is 0 Å². The van der Waals surface area contributed by atoms with E-state index in [9.17, 15) is 0 Å². The predicted molar refractivity (Wildman–Crippen MR) is 75.8 cm³/mol. The van der Waals surface area contributed by atoms with Gasteiger partial charge in [-0.3, -0.25) is 4.40 Å². The number of rotatable bonds is 0. The lowest BCUT2D eigenvalue weighted by Crippen LogP contribution is -1.79. The van der Waals surface area contributed by atoms with Gasteiger partial charge in [0.2, 0.25) is 0 Å². The Morgan fingerprint density at radius 2 is 1.94 bits per heavy atom. The molecule has 0 saturated carbocycles. The Labute approximate surface area is 110 Å². The number of hydrogen-bond donors (Lipinski definition) is 0. The Morgan fingerprint density at radius 1 is 1.06 bits per heavy atom. The van der Waals surface area contributed by atoms with Crippen molar-refractivity contribution in [3.05, 3.63) is 46.9 Å². The van der Waals surface area contributed by atoms with Crippen LogP contribution in [0.4, 0.5) is 0 Å². The number of fused-ring (bicyclic) bond motifs is 5. The molecule has 2 aromatic heterocycles. The van der Waals surface area contributed by atoms with Crippen LogP contribution in [-0.2, 0) is 0 Å². The van der Waals surface area contributed by atoms with Crippen molar-refractivity contribution in [3.8, 4) is 0 Å². The fourth-order valence-electron chi connectivity index (χ4n) is 2.16. The zero-order valence-corrected chi connectivity index (χ0v) is 11.1. The number of hydrogen-bond acceptors (Lipinski definition) is 2. The molecule has 0 saturated heterocycles. The summed E-state index contributed by atoms with van der Waals surface area (Å²) in [7, 11) is 0. The van der Waals surface area contributed by atoms with Crippen LogP contribution in [0.15, 0.2) is 46.9 Å². The first kappa shape index (κ1) is 9.62. The lowest BCUT2D eigenvalue weighted by atomic mass is 10.3. The molecule has 82 valence electrons. The van der Waals surface area contributed by atoms with Crippen molar-refractivity contribution in [1.29, 1.82) is 0 Å². The van der Waals surface area contributed by atoms with Crippen LogP contribution in [0.3, 0.4) is 0 Å². The van der Waals surface area contributed by atoms with Crippen molar-refractivity contribution >= 4 is 53.5 Å². The Kier molecular flexibility index (Phi) is 1.87. The zero-order chi connectivity index (χ0) is 11.4. The summed E-state index contributed by atoms with van der Waals surface area (Å²) in [6.45, 7) is 0. The highest BCUT2D eigenvalue weighted by Crippen LogP contribution is 2.30. The minimum Gasteiger partial charge on any atom is -0.283 e. The maximum absolute atomic E-state index is 4.66. The highest BCUT2D eigenvalue weighted by Gasteiger charge is 2.10. The molecular weight excluding hydrogens is 296 g/mol.